The van der Waals surface area contributed by atoms with E-state index in [1.807, 2.05) is 18.2 Å². The maximum atomic E-state index is 12.1. The Bertz CT molecular complexity index is 1060. The maximum absolute atomic E-state index is 12.1. The number of esters is 1. The molecule has 0 heterocycles. The van der Waals surface area contributed by atoms with Gasteiger partial charge in [-0.15, -0.1) is 0 Å². The van der Waals surface area contributed by atoms with Gasteiger partial charge in [-0.2, -0.15) is 5.26 Å². The smallest absolute Gasteiger partial charge is 0.338 e. The Kier molecular flexibility index (Phi) is 9.38. The molecule has 0 aromatic heterocycles. The number of hydrogen-bond acceptors (Lipinski definition) is 6. The third-order valence-corrected chi connectivity index (χ3v) is 6.12. The molecule has 2 rings (SSSR count). The topological polar surface area (TPSA) is 125 Å². The van der Waals surface area contributed by atoms with Crippen molar-refractivity contribution in [2.45, 2.75) is 37.5 Å². The van der Waals surface area contributed by atoms with Gasteiger partial charge in [0.15, 0.2) is 6.61 Å². The van der Waals surface area contributed by atoms with E-state index in [1.165, 1.54) is 29.8 Å². The molecule has 0 saturated heterocycles. The van der Waals surface area contributed by atoms with Crippen molar-refractivity contribution in [1.29, 1.82) is 5.26 Å². The number of ether oxygens (including phenoxy) is 1. The van der Waals surface area contributed by atoms with Gasteiger partial charge < -0.3 is 10.1 Å². The summed E-state index contributed by atoms with van der Waals surface area (Å²) in [6.07, 6.45) is 0.715. The van der Waals surface area contributed by atoms with Crippen LogP contribution in [0.4, 0.5) is 0 Å². The summed E-state index contributed by atoms with van der Waals surface area (Å²) >= 11 is 0. The van der Waals surface area contributed by atoms with E-state index in [9.17, 15) is 18.0 Å². The van der Waals surface area contributed by atoms with Gasteiger partial charge in [0.2, 0.25) is 10.0 Å². The highest BCUT2D eigenvalue weighted by Crippen LogP contribution is 2.15. The van der Waals surface area contributed by atoms with E-state index in [1.54, 1.807) is 0 Å². The fraction of sp³-hybridized carbons (Fsp3) is 0.348. The summed E-state index contributed by atoms with van der Waals surface area (Å²) in [5.74, 6) is -0.686. The monoisotopic (exact) mass is 457 g/mol. The van der Waals surface area contributed by atoms with E-state index in [4.69, 9.17) is 10.00 Å². The van der Waals surface area contributed by atoms with Gasteiger partial charge in [0.05, 0.1) is 16.5 Å². The minimum Gasteiger partial charge on any atom is -0.452 e. The van der Waals surface area contributed by atoms with Crippen LogP contribution >= 0.6 is 0 Å². The molecule has 0 radical (unpaired) electrons. The molecule has 0 spiro atoms. The van der Waals surface area contributed by atoms with Crippen LogP contribution in [0.1, 0.15) is 47.7 Å². The Balaban J connectivity index is 1.77. The van der Waals surface area contributed by atoms with Crippen LogP contribution in [0, 0.1) is 11.3 Å². The molecule has 2 aromatic carbocycles. The first-order chi connectivity index (χ1) is 15.2. The van der Waals surface area contributed by atoms with Crippen molar-refractivity contribution in [1.82, 2.24) is 10.0 Å². The van der Waals surface area contributed by atoms with Crippen molar-refractivity contribution >= 4 is 21.9 Å². The fourth-order valence-electron chi connectivity index (χ4n) is 2.78. The highest BCUT2D eigenvalue weighted by molar-refractivity contribution is 7.89. The van der Waals surface area contributed by atoms with E-state index in [0.29, 0.717) is 18.9 Å². The molecule has 8 nitrogen and oxygen atoms in total. The minimum atomic E-state index is -3.76. The SMILES string of the molecule is CC(C)c1ccc(CCNC(=O)COC(=O)c2ccc(S(=O)(=O)NCCC#N)cc2)cc1. The highest BCUT2D eigenvalue weighted by atomic mass is 32.2. The number of nitriles is 1. The van der Waals surface area contributed by atoms with Gasteiger partial charge in [0.1, 0.15) is 0 Å². The van der Waals surface area contributed by atoms with Crippen LogP contribution in [0.15, 0.2) is 53.4 Å². The summed E-state index contributed by atoms with van der Waals surface area (Å²) < 4.78 is 31.4. The molecule has 170 valence electrons. The molecule has 2 N–H and O–H groups in total. The molecular formula is C23H27N3O5S. The molecule has 0 unspecified atom stereocenters. The molecule has 32 heavy (non-hydrogen) atoms. The first-order valence-electron chi connectivity index (χ1n) is 10.2. The number of rotatable bonds is 11. The molecule has 0 saturated carbocycles. The zero-order valence-electron chi connectivity index (χ0n) is 18.1. The normalized spacial score (nSPS) is 11.1. The first kappa shape index (κ1) is 25.0. The number of carbonyl (C=O) groups excluding carboxylic acids is 2. The predicted octanol–water partition coefficient (Wildman–Crippen LogP) is 2.52. The molecule has 0 aliphatic rings. The average molecular weight is 458 g/mol. The van der Waals surface area contributed by atoms with Gasteiger partial charge in [-0.05, 0) is 47.7 Å². The molecule has 0 atom stereocenters. The Morgan fingerprint density at radius 2 is 1.69 bits per heavy atom. The first-order valence-corrected chi connectivity index (χ1v) is 11.7. The molecule has 0 aliphatic carbocycles. The number of nitrogens with zero attached hydrogens (tertiary/aromatic N) is 1. The van der Waals surface area contributed by atoms with Crippen LogP contribution in [0.3, 0.4) is 0 Å². The Morgan fingerprint density at radius 1 is 1.03 bits per heavy atom. The van der Waals surface area contributed by atoms with Crippen LogP contribution in [0.2, 0.25) is 0 Å². The van der Waals surface area contributed by atoms with Crippen LogP contribution in [-0.4, -0.2) is 40.0 Å². The molecule has 2 aromatic rings. The standard InChI is InChI=1S/C23H27N3O5S/c1-17(2)19-6-4-18(5-7-19)12-15-25-22(27)16-31-23(28)20-8-10-21(11-9-20)32(29,30)26-14-3-13-24/h4-11,17,26H,3,12,14-16H2,1-2H3,(H,25,27). The minimum absolute atomic E-state index is 0.000985. The lowest BCUT2D eigenvalue weighted by Crippen LogP contribution is -2.30. The largest absolute Gasteiger partial charge is 0.452 e. The van der Waals surface area contributed by atoms with Gasteiger partial charge in [-0.3, -0.25) is 4.79 Å². The van der Waals surface area contributed by atoms with Crippen molar-refractivity contribution < 1.29 is 22.7 Å². The highest BCUT2D eigenvalue weighted by Gasteiger charge is 2.15. The van der Waals surface area contributed by atoms with Gasteiger partial charge in [-0.25, -0.2) is 17.9 Å². The lowest BCUT2D eigenvalue weighted by atomic mass is 10.0. The molecule has 0 aliphatic heterocycles. The van der Waals surface area contributed by atoms with Gasteiger partial charge in [-0.1, -0.05) is 38.1 Å². The second-order valence-electron chi connectivity index (χ2n) is 7.40. The second-order valence-corrected chi connectivity index (χ2v) is 9.17. The summed E-state index contributed by atoms with van der Waals surface area (Å²) in [5.41, 5.74) is 2.48. The zero-order chi connectivity index (χ0) is 23.6. The van der Waals surface area contributed by atoms with Crippen molar-refractivity contribution in [3.8, 4) is 6.07 Å². The maximum Gasteiger partial charge on any atom is 0.338 e. The van der Waals surface area contributed by atoms with Crippen molar-refractivity contribution in [2.75, 3.05) is 19.7 Å². The Labute approximate surface area is 188 Å². The predicted molar refractivity (Wildman–Crippen MR) is 119 cm³/mol. The molecule has 9 heteroatoms. The van der Waals surface area contributed by atoms with Crippen molar-refractivity contribution in [2.24, 2.45) is 0 Å². The fourth-order valence-corrected chi connectivity index (χ4v) is 3.81. The van der Waals surface area contributed by atoms with Crippen LogP contribution in [-0.2, 0) is 26.0 Å². The third kappa shape index (κ3) is 7.80. The number of sulfonamides is 1. The van der Waals surface area contributed by atoms with E-state index < -0.39 is 28.5 Å². The average Bonchev–Trinajstić information content (AvgIpc) is 2.78. The number of hydrogen-bond donors (Lipinski definition) is 2. The van der Waals surface area contributed by atoms with E-state index >= 15 is 0 Å². The second kappa shape index (κ2) is 12.0. The van der Waals surface area contributed by atoms with Gasteiger partial charge >= 0.3 is 5.97 Å². The van der Waals surface area contributed by atoms with Crippen LogP contribution in [0.25, 0.3) is 0 Å². The van der Waals surface area contributed by atoms with Crippen LogP contribution < -0.4 is 10.0 Å². The number of carbonyl (C=O) groups is 2. The third-order valence-electron chi connectivity index (χ3n) is 4.65. The number of benzene rings is 2. The molecule has 1 amide bonds. The zero-order valence-corrected chi connectivity index (χ0v) is 18.9. The van der Waals surface area contributed by atoms with E-state index in [-0.39, 0.29) is 23.4 Å². The molecule has 0 fully saturated rings. The van der Waals surface area contributed by atoms with E-state index in [2.05, 4.69) is 36.0 Å². The number of nitrogens with one attached hydrogen (secondary N) is 2. The van der Waals surface area contributed by atoms with Crippen molar-refractivity contribution in [3.63, 3.8) is 0 Å². The molecular weight excluding hydrogens is 430 g/mol. The summed E-state index contributed by atoms with van der Waals surface area (Å²) in [7, 11) is -3.76. The van der Waals surface area contributed by atoms with Crippen molar-refractivity contribution in [3.05, 3.63) is 65.2 Å². The van der Waals surface area contributed by atoms with Crippen LogP contribution in [0.5, 0.6) is 0 Å². The quantitative estimate of drug-likeness (QED) is 0.394. The van der Waals surface area contributed by atoms with E-state index in [0.717, 1.165) is 5.56 Å². The lowest BCUT2D eigenvalue weighted by molar-refractivity contribution is -0.124. The Hall–Kier alpha value is -3.22. The summed E-state index contributed by atoms with van der Waals surface area (Å²) in [5, 5.41) is 11.2. The summed E-state index contributed by atoms with van der Waals surface area (Å²) in [4.78, 5) is 24.0. The lowest BCUT2D eigenvalue weighted by Gasteiger charge is -2.09. The van der Waals surface area contributed by atoms with Gasteiger partial charge in [0, 0.05) is 19.5 Å². The summed E-state index contributed by atoms with van der Waals surface area (Å²) in [6.45, 7) is 4.25. The Morgan fingerprint density at radius 3 is 2.28 bits per heavy atom. The number of amides is 1. The van der Waals surface area contributed by atoms with Gasteiger partial charge in [0.25, 0.3) is 5.91 Å². The summed E-state index contributed by atoms with van der Waals surface area (Å²) in [6, 6.07) is 15.2. The molecule has 0 bridgehead atoms.